The number of hydrogen-bond donors (Lipinski definition) is 0. The number of halogens is 1. The normalized spacial score (nSPS) is 16.5. The zero-order valence-corrected chi connectivity index (χ0v) is 9.88. The summed E-state index contributed by atoms with van der Waals surface area (Å²) in [7, 11) is 0. The van der Waals surface area contributed by atoms with Crippen LogP contribution in [0.5, 0.6) is 0 Å². The molecule has 0 bridgehead atoms. The summed E-state index contributed by atoms with van der Waals surface area (Å²) in [5.41, 5.74) is 1.70. The summed E-state index contributed by atoms with van der Waals surface area (Å²) in [5.74, 6) is -0.0816. The zero-order chi connectivity index (χ0) is 12.3. The van der Waals surface area contributed by atoms with Crippen LogP contribution in [-0.2, 0) is 0 Å². The molecule has 0 aliphatic heterocycles. The van der Waals surface area contributed by atoms with Crippen molar-refractivity contribution >= 4 is 6.08 Å². The van der Waals surface area contributed by atoms with Crippen LogP contribution in [0.3, 0.4) is 0 Å². The molecule has 1 aliphatic rings. The van der Waals surface area contributed by atoms with Crippen molar-refractivity contribution in [3.05, 3.63) is 41.2 Å². The van der Waals surface area contributed by atoms with Crippen LogP contribution in [0, 0.1) is 17.1 Å². The average Bonchev–Trinajstić information content (AvgIpc) is 2.39. The Morgan fingerprint density at radius 1 is 1.29 bits per heavy atom. The third kappa shape index (κ3) is 2.24. The average molecular weight is 229 g/mol. The van der Waals surface area contributed by atoms with Gasteiger partial charge in [-0.3, -0.25) is 0 Å². The Balaban J connectivity index is 2.48. The topological polar surface area (TPSA) is 23.8 Å². The first-order valence-corrected chi connectivity index (χ1v) is 6.13. The lowest BCUT2D eigenvalue weighted by Crippen LogP contribution is -2.09. The minimum Gasteiger partial charge on any atom is -0.205 e. The van der Waals surface area contributed by atoms with Crippen LogP contribution in [0.1, 0.15) is 54.7 Å². The van der Waals surface area contributed by atoms with Gasteiger partial charge in [0.15, 0.2) is 0 Å². The van der Waals surface area contributed by atoms with E-state index in [9.17, 15) is 4.39 Å². The molecule has 0 radical (unpaired) electrons. The number of hydrogen-bond acceptors (Lipinski definition) is 1. The Kier molecular flexibility index (Phi) is 3.58. The van der Waals surface area contributed by atoms with Gasteiger partial charge in [0.2, 0.25) is 0 Å². The third-order valence-corrected chi connectivity index (χ3v) is 3.57. The van der Waals surface area contributed by atoms with Crippen LogP contribution < -0.4 is 0 Å². The lowest BCUT2D eigenvalue weighted by molar-refractivity contribution is 0.429. The zero-order valence-electron chi connectivity index (χ0n) is 9.88. The number of nitrogens with zero attached hydrogens (tertiary/aromatic N) is 1. The maximum absolute atomic E-state index is 14.2. The second-order valence-corrected chi connectivity index (χ2v) is 4.58. The summed E-state index contributed by atoms with van der Waals surface area (Å²) in [4.78, 5) is 0. The molecule has 0 aromatic heterocycles. The molecule has 0 N–H and O–H groups in total. The summed E-state index contributed by atoms with van der Waals surface area (Å²) in [6.45, 7) is 3.73. The highest BCUT2D eigenvalue weighted by Crippen LogP contribution is 2.37. The quantitative estimate of drug-likeness (QED) is 0.737. The van der Waals surface area contributed by atoms with Crippen molar-refractivity contribution in [2.24, 2.45) is 0 Å². The fourth-order valence-corrected chi connectivity index (χ4v) is 2.68. The molecular formula is C15H16FN. The van der Waals surface area contributed by atoms with Gasteiger partial charge in [-0.05, 0) is 36.0 Å². The van der Waals surface area contributed by atoms with Gasteiger partial charge in [0.05, 0.1) is 5.56 Å². The number of nitriles is 1. The summed E-state index contributed by atoms with van der Waals surface area (Å²) in [6.07, 6.45) is 7.27. The largest absolute Gasteiger partial charge is 0.205 e. The van der Waals surface area contributed by atoms with E-state index in [1.165, 1.54) is 6.42 Å². The molecular weight excluding hydrogens is 213 g/mol. The SMILES string of the molecule is C=Cc1ccc(C#N)c(F)c1C1CCCCC1. The molecule has 0 unspecified atom stereocenters. The number of benzene rings is 1. The molecule has 2 heteroatoms. The molecule has 1 nitrogen and oxygen atoms in total. The summed E-state index contributed by atoms with van der Waals surface area (Å²) in [5, 5.41) is 8.89. The molecule has 1 fully saturated rings. The van der Waals surface area contributed by atoms with Gasteiger partial charge in [0, 0.05) is 0 Å². The van der Waals surface area contributed by atoms with E-state index in [4.69, 9.17) is 5.26 Å². The monoisotopic (exact) mass is 229 g/mol. The van der Waals surface area contributed by atoms with Crippen LogP contribution in [0.4, 0.5) is 4.39 Å². The molecule has 0 saturated heterocycles. The van der Waals surface area contributed by atoms with Gasteiger partial charge < -0.3 is 0 Å². The Bertz CT molecular complexity index is 465. The molecule has 1 aromatic rings. The van der Waals surface area contributed by atoms with E-state index in [1.807, 2.05) is 6.07 Å². The van der Waals surface area contributed by atoms with Crippen LogP contribution in [0.2, 0.25) is 0 Å². The highest BCUT2D eigenvalue weighted by molar-refractivity contribution is 5.56. The number of rotatable bonds is 2. The van der Waals surface area contributed by atoms with Crippen LogP contribution in [0.25, 0.3) is 6.08 Å². The van der Waals surface area contributed by atoms with E-state index >= 15 is 0 Å². The molecule has 0 spiro atoms. The fraction of sp³-hybridized carbons (Fsp3) is 0.400. The lowest BCUT2D eigenvalue weighted by atomic mass is 9.81. The molecule has 88 valence electrons. The minimum absolute atomic E-state index is 0.149. The Morgan fingerprint density at radius 2 is 2.00 bits per heavy atom. The fourth-order valence-electron chi connectivity index (χ4n) is 2.68. The summed E-state index contributed by atoms with van der Waals surface area (Å²) in [6, 6.07) is 5.26. The van der Waals surface area contributed by atoms with Crippen molar-refractivity contribution in [1.82, 2.24) is 0 Å². The van der Waals surface area contributed by atoms with Crippen molar-refractivity contribution in [2.45, 2.75) is 38.0 Å². The van der Waals surface area contributed by atoms with E-state index in [0.29, 0.717) is 5.56 Å². The minimum atomic E-state index is -0.336. The van der Waals surface area contributed by atoms with E-state index in [0.717, 1.165) is 31.2 Å². The standard InChI is InChI=1S/C15H16FN/c1-2-11-8-9-13(10-17)15(16)14(11)12-6-4-3-5-7-12/h2,8-9,12H,1,3-7H2. The lowest BCUT2D eigenvalue weighted by Gasteiger charge is -2.24. The van der Waals surface area contributed by atoms with Crippen molar-refractivity contribution in [3.8, 4) is 6.07 Å². The Morgan fingerprint density at radius 3 is 2.59 bits per heavy atom. The smallest absolute Gasteiger partial charge is 0.145 e. The van der Waals surface area contributed by atoms with Crippen molar-refractivity contribution in [2.75, 3.05) is 0 Å². The van der Waals surface area contributed by atoms with E-state index in [2.05, 4.69) is 6.58 Å². The molecule has 17 heavy (non-hydrogen) atoms. The van der Waals surface area contributed by atoms with Gasteiger partial charge in [-0.1, -0.05) is 38.0 Å². The van der Waals surface area contributed by atoms with Crippen molar-refractivity contribution in [1.29, 1.82) is 5.26 Å². The van der Waals surface area contributed by atoms with Crippen LogP contribution in [0.15, 0.2) is 18.7 Å². The van der Waals surface area contributed by atoms with E-state index in [-0.39, 0.29) is 17.3 Å². The first-order valence-electron chi connectivity index (χ1n) is 6.13. The Labute approximate surface area is 102 Å². The van der Waals surface area contributed by atoms with Gasteiger partial charge in [-0.15, -0.1) is 0 Å². The predicted octanol–water partition coefficient (Wildman–Crippen LogP) is 4.39. The second kappa shape index (κ2) is 5.14. The van der Waals surface area contributed by atoms with Crippen molar-refractivity contribution in [3.63, 3.8) is 0 Å². The van der Waals surface area contributed by atoms with Crippen molar-refractivity contribution < 1.29 is 4.39 Å². The van der Waals surface area contributed by atoms with Gasteiger partial charge in [-0.25, -0.2) is 4.39 Å². The van der Waals surface area contributed by atoms with Crippen LogP contribution >= 0.6 is 0 Å². The molecule has 1 saturated carbocycles. The van der Waals surface area contributed by atoms with Gasteiger partial charge >= 0.3 is 0 Å². The summed E-state index contributed by atoms with van der Waals surface area (Å²) >= 11 is 0. The molecule has 0 amide bonds. The highest BCUT2D eigenvalue weighted by atomic mass is 19.1. The molecule has 2 rings (SSSR count). The Hall–Kier alpha value is -1.62. The second-order valence-electron chi connectivity index (χ2n) is 4.58. The van der Waals surface area contributed by atoms with Gasteiger partial charge in [0.25, 0.3) is 0 Å². The first-order chi connectivity index (χ1) is 8.27. The highest BCUT2D eigenvalue weighted by Gasteiger charge is 2.22. The third-order valence-electron chi connectivity index (χ3n) is 3.57. The molecule has 1 aromatic carbocycles. The maximum atomic E-state index is 14.2. The molecule has 0 heterocycles. The predicted molar refractivity (Wildman–Crippen MR) is 67.0 cm³/mol. The van der Waals surface area contributed by atoms with E-state index < -0.39 is 0 Å². The van der Waals surface area contributed by atoms with Gasteiger partial charge in [-0.2, -0.15) is 5.26 Å². The van der Waals surface area contributed by atoms with E-state index in [1.54, 1.807) is 18.2 Å². The van der Waals surface area contributed by atoms with Gasteiger partial charge in [0.1, 0.15) is 11.9 Å². The maximum Gasteiger partial charge on any atom is 0.145 e. The first kappa shape index (κ1) is 11.9. The molecule has 0 atom stereocenters. The summed E-state index contributed by atoms with van der Waals surface area (Å²) < 4.78 is 14.2. The van der Waals surface area contributed by atoms with Crippen LogP contribution in [-0.4, -0.2) is 0 Å². The molecule has 1 aliphatic carbocycles.